The van der Waals surface area contributed by atoms with Crippen molar-refractivity contribution in [3.05, 3.63) is 12.7 Å². The van der Waals surface area contributed by atoms with Crippen LogP contribution in [-0.4, -0.2) is 78.5 Å². The molecule has 0 aliphatic carbocycles. The van der Waals surface area contributed by atoms with Crippen molar-refractivity contribution in [1.82, 2.24) is 9.80 Å². The van der Waals surface area contributed by atoms with Gasteiger partial charge in [-0.3, -0.25) is 9.69 Å². The molecule has 0 aromatic heterocycles. The number of hydrogen-bond donors (Lipinski definition) is 1. The highest BCUT2D eigenvalue weighted by Crippen LogP contribution is 2.27. The number of carboxylic acid groups (broad SMARTS) is 1. The van der Waals surface area contributed by atoms with Crippen LogP contribution >= 0.6 is 0 Å². The summed E-state index contributed by atoms with van der Waals surface area (Å²) in [5, 5.41) is 9.47. The van der Waals surface area contributed by atoms with E-state index in [1.807, 2.05) is 4.90 Å². The highest BCUT2D eigenvalue weighted by Gasteiger charge is 2.48. The van der Waals surface area contributed by atoms with Crippen molar-refractivity contribution in [3.8, 4) is 0 Å². The molecule has 0 aromatic rings. The summed E-state index contributed by atoms with van der Waals surface area (Å²) in [5.41, 5.74) is -0.933. The molecule has 1 atom stereocenters. The van der Waals surface area contributed by atoms with Crippen molar-refractivity contribution < 1.29 is 24.2 Å². The molecule has 2 rings (SSSR count). The highest BCUT2D eigenvalue weighted by atomic mass is 16.6. The second kappa shape index (κ2) is 6.23. The fourth-order valence-corrected chi connectivity index (χ4v) is 2.65. The lowest BCUT2D eigenvalue weighted by Gasteiger charge is -2.42. The summed E-state index contributed by atoms with van der Waals surface area (Å²) in [6, 6.07) is 0. The number of aliphatic carboxylic acids is 1. The van der Waals surface area contributed by atoms with E-state index in [2.05, 4.69) is 6.58 Å². The van der Waals surface area contributed by atoms with Gasteiger partial charge in [0.1, 0.15) is 12.1 Å². The summed E-state index contributed by atoms with van der Waals surface area (Å²) in [7, 11) is 0. The average Bonchev–Trinajstić information content (AvgIpc) is 2.96. The maximum Gasteiger partial charge on any atom is 0.410 e. The Kier molecular flexibility index (Phi) is 4.61. The van der Waals surface area contributed by atoms with E-state index < -0.39 is 11.5 Å². The molecule has 0 saturated carbocycles. The van der Waals surface area contributed by atoms with E-state index in [0.29, 0.717) is 39.2 Å². The standard InChI is InChI=1S/C13H20N2O5/c1-2-8-20-12(18)14-4-6-15(7-5-14)13(11(16)17)3-9-19-10-13/h2H,1,3-10H2,(H,16,17). The third-order valence-electron chi connectivity index (χ3n) is 3.87. The molecule has 20 heavy (non-hydrogen) atoms. The molecule has 112 valence electrons. The fourth-order valence-electron chi connectivity index (χ4n) is 2.65. The van der Waals surface area contributed by atoms with Gasteiger partial charge in [0.2, 0.25) is 0 Å². The predicted octanol–water partition coefficient (Wildman–Crippen LogP) is 0.170. The number of hydrogen-bond acceptors (Lipinski definition) is 5. The molecule has 7 nitrogen and oxygen atoms in total. The van der Waals surface area contributed by atoms with Crippen LogP contribution in [0.25, 0.3) is 0 Å². The number of amides is 1. The minimum Gasteiger partial charge on any atom is -0.480 e. The third-order valence-corrected chi connectivity index (χ3v) is 3.87. The first-order valence-electron chi connectivity index (χ1n) is 6.69. The maximum absolute atomic E-state index is 11.7. The Morgan fingerprint density at radius 2 is 2.05 bits per heavy atom. The zero-order valence-electron chi connectivity index (χ0n) is 11.4. The van der Waals surface area contributed by atoms with Crippen LogP contribution in [0.3, 0.4) is 0 Å². The first-order valence-corrected chi connectivity index (χ1v) is 6.69. The van der Waals surface area contributed by atoms with Crippen LogP contribution in [-0.2, 0) is 14.3 Å². The molecule has 1 N–H and O–H groups in total. The number of carbonyl (C=O) groups excluding carboxylic acids is 1. The lowest BCUT2D eigenvalue weighted by molar-refractivity contribution is -0.153. The normalized spacial score (nSPS) is 27.3. The van der Waals surface area contributed by atoms with Gasteiger partial charge in [-0.25, -0.2) is 4.79 Å². The van der Waals surface area contributed by atoms with Crippen molar-refractivity contribution in [2.24, 2.45) is 0 Å². The smallest absolute Gasteiger partial charge is 0.410 e. The third kappa shape index (κ3) is 2.78. The van der Waals surface area contributed by atoms with Gasteiger partial charge in [0.25, 0.3) is 0 Å². The Bertz CT molecular complexity index is 384. The van der Waals surface area contributed by atoms with Crippen LogP contribution in [0, 0.1) is 0 Å². The molecule has 1 unspecified atom stereocenters. The van der Waals surface area contributed by atoms with E-state index >= 15 is 0 Å². The summed E-state index contributed by atoms with van der Waals surface area (Å²) in [6.45, 7) is 6.30. The Hall–Kier alpha value is -1.60. The molecule has 2 fully saturated rings. The molecule has 2 saturated heterocycles. The number of nitrogens with zero attached hydrogens (tertiary/aromatic N) is 2. The zero-order valence-corrected chi connectivity index (χ0v) is 11.4. The number of rotatable bonds is 4. The minimum atomic E-state index is -0.933. The van der Waals surface area contributed by atoms with Crippen molar-refractivity contribution in [2.45, 2.75) is 12.0 Å². The van der Waals surface area contributed by atoms with Crippen molar-refractivity contribution >= 4 is 12.1 Å². The van der Waals surface area contributed by atoms with Crippen LogP contribution in [0.1, 0.15) is 6.42 Å². The van der Waals surface area contributed by atoms with Gasteiger partial charge in [0.15, 0.2) is 0 Å². The Morgan fingerprint density at radius 1 is 1.35 bits per heavy atom. The van der Waals surface area contributed by atoms with E-state index in [1.165, 1.54) is 6.08 Å². The maximum atomic E-state index is 11.7. The van der Waals surface area contributed by atoms with Crippen LogP contribution in [0.15, 0.2) is 12.7 Å². The van der Waals surface area contributed by atoms with Gasteiger partial charge in [0.05, 0.1) is 6.61 Å². The van der Waals surface area contributed by atoms with Crippen molar-refractivity contribution in [1.29, 1.82) is 0 Å². The number of carbonyl (C=O) groups is 2. The highest BCUT2D eigenvalue weighted by molar-refractivity contribution is 5.79. The monoisotopic (exact) mass is 284 g/mol. The SMILES string of the molecule is C=CCOC(=O)N1CCN(C2(C(=O)O)CCOC2)CC1. The van der Waals surface area contributed by atoms with E-state index in [1.54, 1.807) is 4.90 Å². The summed E-state index contributed by atoms with van der Waals surface area (Å²) >= 11 is 0. The van der Waals surface area contributed by atoms with Gasteiger partial charge < -0.3 is 19.5 Å². The number of carboxylic acids is 1. The first kappa shape index (κ1) is 14.8. The Morgan fingerprint density at radius 3 is 2.55 bits per heavy atom. The summed E-state index contributed by atoms with van der Waals surface area (Å²) in [4.78, 5) is 26.7. The summed E-state index contributed by atoms with van der Waals surface area (Å²) in [6.07, 6.45) is 1.63. The molecule has 0 aromatic carbocycles. The molecule has 0 spiro atoms. The van der Waals surface area contributed by atoms with E-state index in [9.17, 15) is 14.7 Å². The largest absolute Gasteiger partial charge is 0.480 e. The van der Waals surface area contributed by atoms with E-state index in [4.69, 9.17) is 9.47 Å². The quantitative estimate of drug-likeness (QED) is 0.741. The van der Waals surface area contributed by atoms with Gasteiger partial charge in [-0.15, -0.1) is 0 Å². The second-order valence-electron chi connectivity index (χ2n) is 4.98. The molecule has 2 heterocycles. The molecule has 0 radical (unpaired) electrons. The van der Waals surface area contributed by atoms with Gasteiger partial charge in [-0.2, -0.15) is 0 Å². The van der Waals surface area contributed by atoms with Crippen molar-refractivity contribution in [2.75, 3.05) is 46.0 Å². The average molecular weight is 284 g/mol. The van der Waals surface area contributed by atoms with Gasteiger partial charge >= 0.3 is 12.1 Å². The molecule has 7 heteroatoms. The first-order chi connectivity index (χ1) is 9.60. The molecule has 2 aliphatic heterocycles. The summed E-state index contributed by atoms with van der Waals surface area (Å²) < 4.78 is 10.2. The molecule has 2 aliphatic rings. The Labute approximate surface area is 117 Å². The van der Waals surface area contributed by atoms with Crippen molar-refractivity contribution in [3.63, 3.8) is 0 Å². The topological polar surface area (TPSA) is 79.3 Å². The van der Waals surface area contributed by atoms with Gasteiger partial charge in [0, 0.05) is 39.2 Å². The van der Waals surface area contributed by atoms with Crippen LogP contribution in [0.2, 0.25) is 0 Å². The fraction of sp³-hybridized carbons (Fsp3) is 0.692. The molecule has 1 amide bonds. The lowest BCUT2D eigenvalue weighted by atomic mass is 9.95. The molecular weight excluding hydrogens is 264 g/mol. The van der Waals surface area contributed by atoms with Crippen LogP contribution in [0.5, 0.6) is 0 Å². The lowest BCUT2D eigenvalue weighted by Crippen LogP contribution is -2.61. The summed E-state index contributed by atoms with van der Waals surface area (Å²) in [5.74, 6) is -0.849. The second-order valence-corrected chi connectivity index (χ2v) is 4.98. The van der Waals surface area contributed by atoms with Gasteiger partial charge in [-0.05, 0) is 0 Å². The van der Waals surface area contributed by atoms with Crippen LogP contribution < -0.4 is 0 Å². The van der Waals surface area contributed by atoms with E-state index in [-0.39, 0.29) is 19.3 Å². The van der Waals surface area contributed by atoms with E-state index in [0.717, 1.165) is 0 Å². The molecule has 0 bridgehead atoms. The van der Waals surface area contributed by atoms with Gasteiger partial charge in [-0.1, -0.05) is 12.7 Å². The predicted molar refractivity (Wildman–Crippen MR) is 70.5 cm³/mol. The Balaban J connectivity index is 1.92. The minimum absolute atomic E-state index is 0.186. The number of ether oxygens (including phenoxy) is 2. The number of piperazine rings is 1. The molecular formula is C13H20N2O5. The van der Waals surface area contributed by atoms with Crippen LogP contribution in [0.4, 0.5) is 4.79 Å². The zero-order chi connectivity index (χ0) is 14.6.